The maximum Gasteiger partial charge on any atom is 0.329 e. The van der Waals surface area contributed by atoms with Gasteiger partial charge in [-0.2, -0.15) is 0 Å². The highest BCUT2D eigenvalue weighted by atomic mass is 16.4. The molecule has 1 aliphatic rings. The fourth-order valence-corrected chi connectivity index (χ4v) is 3.45. The molecule has 4 rings (SSSR count). The van der Waals surface area contributed by atoms with Crippen LogP contribution in [0.25, 0.3) is 38.6 Å². The van der Waals surface area contributed by atoms with Gasteiger partial charge in [0.1, 0.15) is 0 Å². The molecular formula is C20H13NO3. The predicted octanol–water partition coefficient (Wildman–Crippen LogP) is 3.44. The third-order valence-corrected chi connectivity index (χ3v) is 4.36. The molecule has 0 spiro atoms. The molecule has 4 nitrogen and oxygen atoms in total. The number of fused-ring (bicyclic) bond motifs is 3. The summed E-state index contributed by atoms with van der Waals surface area (Å²) in [5.74, 6) is -1.95. The minimum atomic E-state index is -1.20. The lowest BCUT2D eigenvalue weighted by molar-refractivity contribution is -0.131. The van der Waals surface area contributed by atoms with Crippen LogP contribution in [0.1, 0.15) is 5.56 Å². The number of hydrogen-bond donors (Lipinski definition) is 2. The second-order valence-corrected chi connectivity index (χ2v) is 5.70. The number of hydrogen-bond acceptors (Lipinski definition) is 2. The Morgan fingerprint density at radius 1 is 0.875 bits per heavy atom. The van der Waals surface area contributed by atoms with E-state index < -0.39 is 11.9 Å². The average molecular weight is 315 g/mol. The number of benzene rings is 3. The van der Waals surface area contributed by atoms with Crippen molar-refractivity contribution in [2.24, 2.45) is 5.73 Å². The van der Waals surface area contributed by atoms with Crippen molar-refractivity contribution in [2.75, 3.05) is 0 Å². The number of carbonyl (C=O) groups excluding carboxylic acids is 1. The van der Waals surface area contributed by atoms with Crippen molar-refractivity contribution in [3.8, 4) is 22.3 Å². The van der Waals surface area contributed by atoms with E-state index in [2.05, 4.69) is 0 Å². The van der Waals surface area contributed by atoms with Gasteiger partial charge in [-0.05, 0) is 38.6 Å². The first-order valence-corrected chi connectivity index (χ1v) is 7.48. The van der Waals surface area contributed by atoms with Crippen LogP contribution in [0.2, 0.25) is 0 Å². The summed E-state index contributed by atoms with van der Waals surface area (Å²) in [6.07, 6.45) is 0.879. The molecule has 0 heterocycles. The van der Waals surface area contributed by atoms with Gasteiger partial charge in [0.2, 0.25) is 5.91 Å². The third kappa shape index (κ3) is 1.93. The standard InChI is InChI=1S/C20H13NO3/c21-20(24)16(10-17(22)23)15-9-8-11-4-3-7-13-12-5-1-2-6-14(12)19(15)18(11)13/h1-10H,(H2,21,24)(H,22,23)/b16-10-. The lowest BCUT2D eigenvalue weighted by Gasteiger charge is -2.11. The summed E-state index contributed by atoms with van der Waals surface area (Å²) in [6, 6.07) is 17.6. The molecule has 0 unspecified atom stereocenters. The summed E-state index contributed by atoms with van der Waals surface area (Å²) >= 11 is 0. The number of carbonyl (C=O) groups is 2. The van der Waals surface area contributed by atoms with E-state index in [1.165, 1.54) is 0 Å². The van der Waals surface area contributed by atoms with E-state index in [1.54, 1.807) is 6.07 Å². The third-order valence-electron chi connectivity index (χ3n) is 4.36. The number of aliphatic carboxylic acids is 1. The first kappa shape index (κ1) is 14.2. The monoisotopic (exact) mass is 315 g/mol. The second kappa shape index (κ2) is 5.06. The van der Waals surface area contributed by atoms with Gasteiger partial charge in [0, 0.05) is 6.08 Å². The fourth-order valence-electron chi connectivity index (χ4n) is 3.45. The number of amides is 1. The molecule has 1 aliphatic carbocycles. The quantitative estimate of drug-likeness (QED) is 0.568. The van der Waals surface area contributed by atoms with Crippen molar-refractivity contribution >= 4 is 28.2 Å². The number of nitrogens with two attached hydrogens (primary N) is 1. The summed E-state index contributed by atoms with van der Waals surface area (Å²) in [5.41, 5.74) is 10.0. The molecule has 0 fully saturated rings. The van der Waals surface area contributed by atoms with Gasteiger partial charge in [-0.25, -0.2) is 4.79 Å². The smallest absolute Gasteiger partial charge is 0.329 e. The van der Waals surface area contributed by atoms with Crippen LogP contribution in [0.5, 0.6) is 0 Å². The zero-order valence-corrected chi connectivity index (χ0v) is 12.6. The van der Waals surface area contributed by atoms with Crippen LogP contribution in [0.3, 0.4) is 0 Å². The maximum absolute atomic E-state index is 11.9. The van der Waals surface area contributed by atoms with Crippen LogP contribution in [0, 0.1) is 0 Å². The van der Waals surface area contributed by atoms with E-state index in [0.29, 0.717) is 5.56 Å². The summed E-state index contributed by atoms with van der Waals surface area (Å²) in [4.78, 5) is 23.0. The van der Waals surface area contributed by atoms with Gasteiger partial charge < -0.3 is 10.8 Å². The van der Waals surface area contributed by atoms with Gasteiger partial charge in [0.15, 0.2) is 0 Å². The van der Waals surface area contributed by atoms with E-state index in [4.69, 9.17) is 10.8 Å². The molecule has 0 saturated carbocycles. The van der Waals surface area contributed by atoms with E-state index in [9.17, 15) is 9.59 Å². The molecule has 0 bridgehead atoms. The molecule has 0 aromatic heterocycles. The second-order valence-electron chi connectivity index (χ2n) is 5.70. The van der Waals surface area contributed by atoms with Crippen LogP contribution in [-0.2, 0) is 9.59 Å². The van der Waals surface area contributed by atoms with Crippen LogP contribution in [0.4, 0.5) is 0 Å². The Kier molecular flexibility index (Phi) is 3.00. The minimum absolute atomic E-state index is 0.00547. The fraction of sp³-hybridized carbons (Fsp3) is 0. The van der Waals surface area contributed by atoms with Crippen LogP contribution >= 0.6 is 0 Å². The normalized spacial score (nSPS) is 12.2. The number of carboxylic acids is 1. The Labute approximate surface area is 137 Å². The van der Waals surface area contributed by atoms with Crippen molar-refractivity contribution in [3.63, 3.8) is 0 Å². The highest BCUT2D eigenvalue weighted by Gasteiger charge is 2.26. The lowest BCUT2D eigenvalue weighted by atomic mass is 9.92. The molecule has 0 radical (unpaired) electrons. The average Bonchev–Trinajstić information content (AvgIpc) is 2.90. The Balaban J connectivity index is 2.15. The van der Waals surface area contributed by atoms with Crippen LogP contribution in [0.15, 0.2) is 60.7 Å². The van der Waals surface area contributed by atoms with Crippen molar-refractivity contribution in [2.45, 2.75) is 0 Å². The van der Waals surface area contributed by atoms with Crippen molar-refractivity contribution in [1.29, 1.82) is 0 Å². The van der Waals surface area contributed by atoms with E-state index in [1.807, 2.05) is 48.5 Å². The summed E-state index contributed by atoms with van der Waals surface area (Å²) < 4.78 is 0. The first-order chi connectivity index (χ1) is 11.6. The highest BCUT2D eigenvalue weighted by molar-refractivity contribution is 6.27. The Morgan fingerprint density at radius 2 is 1.58 bits per heavy atom. The molecule has 24 heavy (non-hydrogen) atoms. The Bertz CT molecular complexity index is 1060. The van der Waals surface area contributed by atoms with Gasteiger partial charge in [-0.1, -0.05) is 54.6 Å². The van der Waals surface area contributed by atoms with Gasteiger partial charge in [-0.15, -0.1) is 0 Å². The van der Waals surface area contributed by atoms with E-state index in [0.717, 1.165) is 39.1 Å². The molecule has 116 valence electrons. The molecule has 3 aromatic rings. The molecule has 3 N–H and O–H groups in total. The number of rotatable bonds is 3. The van der Waals surface area contributed by atoms with Gasteiger partial charge in [0.05, 0.1) is 5.57 Å². The van der Waals surface area contributed by atoms with Crippen molar-refractivity contribution in [1.82, 2.24) is 0 Å². The highest BCUT2D eigenvalue weighted by Crippen LogP contribution is 2.49. The van der Waals surface area contributed by atoms with Gasteiger partial charge in [-0.3, -0.25) is 4.79 Å². The Morgan fingerprint density at radius 3 is 2.29 bits per heavy atom. The van der Waals surface area contributed by atoms with E-state index in [-0.39, 0.29) is 5.57 Å². The molecule has 4 heteroatoms. The SMILES string of the molecule is NC(=O)/C(=C\C(=O)O)c1ccc2cccc3c2c1-c1ccccc1-3. The molecule has 0 atom stereocenters. The predicted molar refractivity (Wildman–Crippen MR) is 93.2 cm³/mol. The number of primary amides is 1. The molecule has 0 saturated heterocycles. The molecule has 3 aromatic carbocycles. The largest absolute Gasteiger partial charge is 0.478 e. The van der Waals surface area contributed by atoms with E-state index >= 15 is 0 Å². The first-order valence-electron chi connectivity index (χ1n) is 7.48. The zero-order valence-electron chi connectivity index (χ0n) is 12.6. The number of carboxylic acid groups (broad SMARTS) is 1. The maximum atomic E-state index is 11.9. The van der Waals surface area contributed by atoms with Crippen LogP contribution in [-0.4, -0.2) is 17.0 Å². The minimum Gasteiger partial charge on any atom is -0.478 e. The lowest BCUT2D eigenvalue weighted by Crippen LogP contribution is -2.15. The molecule has 1 amide bonds. The summed E-state index contributed by atoms with van der Waals surface area (Å²) in [6.45, 7) is 0. The van der Waals surface area contributed by atoms with Gasteiger partial charge in [0.25, 0.3) is 0 Å². The van der Waals surface area contributed by atoms with Crippen LogP contribution < -0.4 is 5.73 Å². The summed E-state index contributed by atoms with van der Waals surface area (Å²) in [5, 5.41) is 11.2. The van der Waals surface area contributed by atoms with Crippen molar-refractivity contribution < 1.29 is 14.7 Å². The Hall–Kier alpha value is -3.40. The molecule has 0 aliphatic heterocycles. The topological polar surface area (TPSA) is 80.4 Å². The zero-order chi connectivity index (χ0) is 16.8. The van der Waals surface area contributed by atoms with Gasteiger partial charge >= 0.3 is 5.97 Å². The van der Waals surface area contributed by atoms with Crippen molar-refractivity contribution in [3.05, 3.63) is 66.2 Å². The molecular weight excluding hydrogens is 302 g/mol. The summed E-state index contributed by atoms with van der Waals surface area (Å²) in [7, 11) is 0.